The molecule has 0 aromatic rings. The minimum atomic E-state index is -0.670. The van der Waals surface area contributed by atoms with E-state index >= 15 is 0 Å². The van der Waals surface area contributed by atoms with Crippen molar-refractivity contribution in [2.24, 2.45) is 11.3 Å². The van der Waals surface area contributed by atoms with Gasteiger partial charge in [0.2, 0.25) is 0 Å². The Labute approximate surface area is 123 Å². The summed E-state index contributed by atoms with van der Waals surface area (Å²) in [6, 6.07) is 0.508. The fourth-order valence-electron chi connectivity index (χ4n) is 2.94. The average molecular weight is 284 g/mol. The normalized spacial score (nSPS) is 24.8. The van der Waals surface area contributed by atoms with Crippen LogP contribution < -0.4 is 5.32 Å². The molecule has 0 spiro atoms. The number of carboxylic acids is 1. The maximum atomic E-state index is 10.8. The second kappa shape index (κ2) is 7.99. The third kappa shape index (κ3) is 7.25. The van der Waals surface area contributed by atoms with Crippen LogP contribution in [0, 0.1) is 11.3 Å². The third-order valence-corrected chi connectivity index (χ3v) is 3.84. The van der Waals surface area contributed by atoms with Gasteiger partial charge >= 0.3 is 5.97 Å². The van der Waals surface area contributed by atoms with E-state index in [1.807, 2.05) is 0 Å². The Hall–Kier alpha value is -0.610. The van der Waals surface area contributed by atoms with Crippen molar-refractivity contribution in [2.75, 3.05) is 26.2 Å². The van der Waals surface area contributed by atoms with Crippen molar-refractivity contribution in [2.45, 2.75) is 59.4 Å². The first-order chi connectivity index (χ1) is 9.30. The van der Waals surface area contributed by atoms with Gasteiger partial charge in [0.15, 0.2) is 0 Å². The largest absolute Gasteiger partial charge is 0.481 e. The van der Waals surface area contributed by atoms with Gasteiger partial charge in [0.25, 0.3) is 0 Å². The smallest absolute Gasteiger partial charge is 0.303 e. The number of rotatable bonds is 7. The van der Waals surface area contributed by atoms with Crippen molar-refractivity contribution >= 4 is 5.97 Å². The third-order valence-electron chi connectivity index (χ3n) is 3.84. The SMILES string of the molecule is CCCN1CC(CCC(=O)O)CC(NCC(C)(C)C)C1. The van der Waals surface area contributed by atoms with Crippen LogP contribution in [0.3, 0.4) is 0 Å². The van der Waals surface area contributed by atoms with E-state index in [1.54, 1.807) is 0 Å². The highest BCUT2D eigenvalue weighted by Gasteiger charge is 2.27. The summed E-state index contributed by atoms with van der Waals surface area (Å²) < 4.78 is 0. The first-order valence-corrected chi connectivity index (χ1v) is 7.97. The zero-order chi connectivity index (χ0) is 15.2. The molecule has 0 amide bonds. The second-order valence-corrected chi connectivity index (χ2v) is 7.43. The number of nitrogens with zero attached hydrogens (tertiary/aromatic N) is 1. The molecular formula is C16H32N2O2. The van der Waals surface area contributed by atoms with E-state index in [4.69, 9.17) is 5.11 Å². The Morgan fingerprint density at radius 1 is 1.35 bits per heavy atom. The van der Waals surface area contributed by atoms with E-state index < -0.39 is 5.97 Å². The predicted octanol–water partition coefficient (Wildman–Crippen LogP) is 2.59. The molecule has 20 heavy (non-hydrogen) atoms. The van der Waals surface area contributed by atoms with E-state index in [2.05, 4.69) is 37.9 Å². The van der Waals surface area contributed by atoms with Crippen LogP contribution in [0.15, 0.2) is 0 Å². The first-order valence-electron chi connectivity index (χ1n) is 7.97. The highest BCUT2D eigenvalue weighted by molar-refractivity contribution is 5.66. The van der Waals surface area contributed by atoms with Gasteiger partial charge in [0, 0.05) is 32.1 Å². The average Bonchev–Trinajstić information content (AvgIpc) is 2.33. The van der Waals surface area contributed by atoms with Gasteiger partial charge in [-0.05, 0) is 37.1 Å². The zero-order valence-corrected chi connectivity index (χ0v) is 13.6. The van der Waals surface area contributed by atoms with Crippen LogP contribution in [-0.2, 0) is 4.79 Å². The number of carboxylic acid groups (broad SMARTS) is 1. The molecule has 0 aromatic carbocycles. The molecule has 1 saturated heterocycles. The molecule has 4 heteroatoms. The number of nitrogens with one attached hydrogen (secondary N) is 1. The Balaban J connectivity index is 2.49. The number of hydrogen-bond donors (Lipinski definition) is 2. The molecule has 1 aliphatic heterocycles. The van der Waals surface area contributed by atoms with Gasteiger partial charge in [-0.2, -0.15) is 0 Å². The molecule has 0 bridgehead atoms. The lowest BCUT2D eigenvalue weighted by Crippen LogP contribution is -2.50. The van der Waals surface area contributed by atoms with E-state index in [0.717, 1.165) is 45.4 Å². The van der Waals surface area contributed by atoms with Crippen LogP contribution in [0.25, 0.3) is 0 Å². The minimum Gasteiger partial charge on any atom is -0.481 e. The summed E-state index contributed by atoms with van der Waals surface area (Å²) in [5.74, 6) is -0.152. The molecular weight excluding hydrogens is 252 g/mol. The van der Waals surface area contributed by atoms with Gasteiger partial charge in [0.1, 0.15) is 0 Å². The summed E-state index contributed by atoms with van der Waals surface area (Å²) in [7, 11) is 0. The monoisotopic (exact) mass is 284 g/mol. The van der Waals surface area contributed by atoms with E-state index in [9.17, 15) is 4.79 Å². The topological polar surface area (TPSA) is 52.6 Å². The van der Waals surface area contributed by atoms with Gasteiger partial charge in [-0.15, -0.1) is 0 Å². The fraction of sp³-hybridized carbons (Fsp3) is 0.938. The van der Waals surface area contributed by atoms with Crippen LogP contribution in [0.4, 0.5) is 0 Å². The molecule has 2 N–H and O–H groups in total. The second-order valence-electron chi connectivity index (χ2n) is 7.43. The highest BCUT2D eigenvalue weighted by Crippen LogP contribution is 2.22. The molecule has 0 aromatic heterocycles. The molecule has 1 aliphatic rings. The maximum Gasteiger partial charge on any atom is 0.303 e. The van der Waals surface area contributed by atoms with Gasteiger partial charge < -0.3 is 15.3 Å². The zero-order valence-electron chi connectivity index (χ0n) is 13.6. The lowest BCUT2D eigenvalue weighted by molar-refractivity contribution is -0.137. The van der Waals surface area contributed by atoms with E-state index in [0.29, 0.717) is 23.8 Å². The van der Waals surface area contributed by atoms with Crippen molar-refractivity contribution < 1.29 is 9.90 Å². The summed E-state index contributed by atoms with van der Waals surface area (Å²) in [5.41, 5.74) is 0.295. The summed E-state index contributed by atoms with van der Waals surface area (Å²) in [4.78, 5) is 13.3. The summed E-state index contributed by atoms with van der Waals surface area (Å²) in [6.07, 6.45) is 3.39. The van der Waals surface area contributed by atoms with Gasteiger partial charge in [-0.3, -0.25) is 4.79 Å². The highest BCUT2D eigenvalue weighted by atomic mass is 16.4. The number of hydrogen-bond acceptors (Lipinski definition) is 3. The Bertz CT molecular complexity index is 299. The van der Waals surface area contributed by atoms with Crippen molar-refractivity contribution in [1.29, 1.82) is 0 Å². The Morgan fingerprint density at radius 2 is 2.05 bits per heavy atom. The Morgan fingerprint density at radius 3 is 2.60 bits per heavy atom. The molecule has 0 aliphatic carbocycles. The van der Waals surface area contributed by atoms with Gasteiger partial charge in [-0.1, -0.05) is 27.7 Å². The molecule has 2 atom stereocenters. The fourth-order valence-corrected chi connectivity index (χ4v) is 2.94. The molecule has 4 nitrogen and oxygen atoms in total. The lowest BCUT2D eigenvalue weighted by Gasteiger charge is -2.39. The molecule has 1 fully saturated rings. The summed E-state index contributed by atoms with van der Waals surface area (Å²) >= 11 is 0. The molecule has 0 radical (unpaired) electrons. The summed E-state index contributed by atoms with van der Waals surface area (Å²) in [6.45, 7) is 13.2. The van der Waals surface area contributed by atoms with Crippen LogP contribution in [0.2, 0.25) is 0 Å². The number of likely N-dealkylation sites (tertiary alicyclic amines) is 1. The van der Waals surface area contributed by atoms with Crippen molar-refractivity contribution in [1.82, 2.24) is 10.2 Å². The van der Waals surface area contributed by atoms with Crippen molar-refractivity contribution in [3.8, 4) is 0 Å². The van der Waals surface area contributed by atoms with Crippen molar-refractivity contribution in [3.63, 3.8) is 0 Å². The number of piperidine rings is 1. The standard InChI is InChI=1S/C16H32N2O2/c1-5-8-18-10-13(6-7-15(19)20)9-14(11-18)17-12-16(2,3)4/h13-14,17H,5-12H2,1-4H3,(H,19,20). The van der Waals surface area contributed by atoms with Gasteiger partial charge in [-0.25, -0.2) is 0 Å². The van der Waals surface area contributed by atoms with Gasteiger partial charge in [0.05, 0.1) is 0 Å². The molecule has 2 unspecified atom stereocenters. The van der Waals surface area contributed by atoms with Crippen LogP contribution in [-0.4, -0.2) is 48.2 Å². The van der Waals surface area contributed by atoms with E-state index in [-0.39, 0.29) is 0 Å². The number of aliphatic carboxylic acids is 1. The molecule has 1 rings (SSSR count). The van der Waals surface area contributed by atoms with Crippen LogP contribution >= 0.6 is 0 Å². The van der Waals surface area contributed by atoms with Crippen LogP contribution in [0.1, 0.15) is 53.4 Å². The maximum absolute atomic E-state index is 10.8. The van der Waals surface area contributed by atoms with E-state index in [1.165, 1.54) is 0 Å². The summed E-state index contributed by atoms with van der Waals surface area (Å²) in [5, 5.41) is 12.5. The minimum absolute atomic E-state index is 0.295. The first kappa shape index (κ1) is 17.4. The number of carbonyl (C=O) groups is 1. The predicted molar refractivity (Wildman–Crippen MR) is 83.0 cm³/mol. The Kier molecular flexibility index (Phi) is 6.96. The molecule has 1 heterocycles. The van der Waals surface area contributed by atoms with Crippen LogP contribution in [0.5, 0.6) is 0 Å². The van der Waals surface area contributed by atoms with Crippen molar-refractivity contribution in [3.05, 3.63) is 0 Å². The molecule has 0 saturated carbocycles. The lowest BCUT2D eigenvalue weighted by atomic mass is 9.89. The quantitative estimate of drug-likeness (QED) is 0.754. The molecule has 118 valence electrons.